The van der Waals surface area contributed by atoms with Gasteiger partial charge in [-0.2, -0.15) is 0 Å². The smallest absolute Gasteiger partial charge is 0.307 e. The van der Waals surface area contributed by atoms with Crippen LogP contribution in [0.3, 0.4) is 0 Å². The maximum absolute atomic E-state index is 11.6. The molecule has 0 amide bonds. The van der Waals surface area contributed by atoms with Gasteiger partial charge < -0.3 is 15.3 Å². The molecule has 196 valence electrons. The molecule has 0 radical (unpaired) electrons. The molecule has 0 spiro atoms. The minimum atomic E-state index is -1.36. The van der Waals surface area contributed by atoms with E-state index in [1.807, 2.05) is 43.3 Å². The number of nitrogens with zero attached hydrogens (tertiary/aromatic N) is 1. The molecule has 0 aliphatic rings. The number of aliphatic hydroxyl groups is 2. The van der Waals surface area contributed by atoms with Crippen LogP contribution in [0, 0.1) is 18.8 Å². The van der Waals surface area contributed by atoms with Crippen molar-refractivity contribution >= 4 is 28.3 Å². The Balaban J connectivity index is 0.000000732. The second-order valence-electron chi connectivity index (χ2n) is 10.3. The molecule has 0 saturated carbocycles. The van der Waals surface area contributed by atoms with Crippen molar-refractivity contribution in [1.82, 2.24) is 4.98 Å². The Kier molecular flexibility index (Phi) is 8.96. The van der Waals surface area contributed by atoms with Gasteiger partial charge in [-0.25, -0.2) is 0 Å². The van der Waals surface area contributed by atoms with E-state index in [2.05, 4.69) is 16.8 Å². The van der Waals surface area contributed by atoms with Crippen molar-refractivity contribution in [3.8, 4) is 23.0 Å². The Morgan fingerprint density at radius 1 is 1.00 bits per heavy atom. The van der Waals surface area contributed by atoms with Crippen molar-refractivity contribution in [2.75, 3.05) is 0 Å². The lowest BCUT2D eigenvalue weighted by atomic mass is 9.88. The molecule has 5 nitrogen and oxygen atoms in total. The highest BCUT2D eigenvalue weighted by Gasteiger charge is 2.20. The third-order valence-corrected chi connectivity index (χ3v) is 5.86. The van der Waals surface area contributed by atoms with Crippen molar-refractivity contribution in [2.45, 2.75) is 52.2 Å². The number of hydrogen-bond donors (Lipinski definition) is 3. The zero-order valence-corrected chi connectivity index (χ0v) is 23.0. The molecule has 1 atom stereocenters. The van der Waals surface area contributed by atoms with E-state index >= 15 is 0 Å². The Morgan fingerprint density at radius 2 is 1.66 bits per heavy atom. The van der Waals surface area contributed by atoms with E-state index in [1.165, 1.54) is 0 Å². The molecular weight excluding hydrogens is 498 g/mol. The summed E-state index contributed by atoms with van der Waals surface area (Å²) < 4.78 is 0. The second kappa shape index (κ2) is 11.8. The first kappa shape index (κ1) is 28.9. The van der Waals surface area contributed by atoms with Gasteiger partial charge in [0.25, 0.3) is 0 Å². The van der Waals surface area contributed by atoms with Gasteiger partial charge in [0.1, 0.15) is 5.60 Å². The van der Waals surface area contributed by atoms with Crippen LogP contribution in [0.1, 0.15) is 49.9 Å². The predicted octanol–water partition coefficient (Wildman–Crippen LogP) is 6.53. The topological polar surface area (TPSA) is 90.7 Å². The molecule has 4 rings (SSSR count). The molecule has 1 unspecified atom stereocenters. The van der Waals surface area contributed by atoms with E-state index in [4.69, 9.17) is 16.7 Å². The van der Waals surface area contributed by atoms with Gasteiger partial charge in [0, 0.05) is 28.5 Å². The second-order valence-corrected chi connectivity index (χ2v) is 10.7. The van der Waals surface area contributed by atoms with Crippen LogP contribution >= 0.6 is 11.6 Å². The van der Waals surface area contributed by atoms with Gasteiger partial charge in [-0.05, 0) is 98.0 Å². The Morgan fingerprint density at radius 3 is 2.24 bits per heavy atom. The molecule has 3 N–H and O–H groups in total. The fourth-order valence-corrected chi connectivity index (χ4v) is 4.02. The highest BCUT2D eigenvalue weighted by molar-refractivity contribution is 6.30. The van der Waals surface area contributed by atoms with E-state index < -0.39 is 17.2 Å². The summed E-state index contributed by atoms with van der Waals surface area (Å²) in [6.45, 7) is 8.79. The lowest BCUT2D eigenvalue weighted by Crippen LogP contribution is -2.18. The Bertz CT molecular complexity index is 1490. The third kappa shape index (κ3) is 7.90. The molecule has 0 aliphatic heterocycles. The standard InChI is InChI=1S/C28H22ClNO3.C4H10O/c1-18-14-21-6-5-19(11-12-28(2,33)22-4-3-13-30-17-22)15-25(21)27(24(18)16-26(31)32)20-7-9-23(29)10-8-20;1-4(2,3)5/h3-10,13-15,17,33H,16H2,1-2H3,(H,31,32);5H,1-3H3. The number of rotatable bonds is 4. The summed E-state index contributed by atoms with van der Waals surface area (Å²) in [7, 11) is 0. The molecular formula is C32H32ClNO4. The molecule has 1 heterocycles. The molecule has 0 bridgehead atoms. The summed E-state index contributed by atoms with van der Waals surface area (Å²) in [5.74, 6) is 5.12. The average Bonchev–Trinajstić information content (AvgIpc) is 2.83. The van der Waals surface area contributed by atoms with Gasteiger partial charge in [-0.15, -0.1) is 0 Å². The van der Waals surface area contributed by atoms with Crippen LogP contribution in [0.5, 0.6) is 0 Å². The average molecular weight is 530 g/mol. The number of aliphatic carboxylic acids is 1. The fourth-order valence-electron chi connectivity index (χ4n) is 3.90. The normalized spacial score (nSPS) is 12.5. The van der Waals surface area contributed by atoms with Crippen LogP contribution in [0.25, 0.3) is 21.9 Å². The van der Waals surface area contributed by atoms with Gasteiger partial charge >= 0.3 is 5.97 Å². The number of carbonyl (C=O) groups is 1. The summed E-state index contributed by atoms with van der Waals surface area (Å²) in [6, 6.07) is 18.7. The highest BCUT2D eigenvalue weighted by atomic mass is 35.5. The number of carboxylic acids is 1. The molecule has 4 aromatic rings. The van der Waals surface area contributed by atoms with Crippen molar-refractivity contribution in [1.29, 1.82) is 0 Å². The number of halogens is 1. The van der Waals surface area contributed by atoms with E-state index in [9.17, 15) is 15.0 Å². The van der Waals surface area contributed by atoms with Gasteiger partial charge in [-0.1, -0.05) is 53.8 Å². The summed E-state index contributed by atoms with van der Waals surface area (Å²) in [4.78, 5) is 15.7. The van der Waals surface area contributed by atoms with Crippen molar-refractivity contribution in [3.05, 3.63) is 100 Å². The predicted molar refractivity (Wildman–Crippen MR) is 153 cm³/mol. The van der Waals surface area contributed by atoms with Gasteiger partial charge in [0.15, 0.2) is 0 Å². The van der Waals surface area contributed by atoms with Crippen LogP contribution < -0.4 is 0 Å². The lowest BCUT2D eigenvalue weighted by molar-refractivity contribution is -0.136. The molecule has 1 aromatic heterocycles. The van der Waals surface area contributed by atoms with E-state index in [1.54, 1.807) is 64.4 Å². The van der Waals surface area contributed by atoms with E-state index in [-0.39, 0.29) is 6.42 Å². The van der Waals surface area contributed by atoms with Crippen molar-refractivity contribution < 1.29 is 20.1 Å². The highest BCUT2D eigenvalue weighted by Crippen LogP contribution is 2.36. The summed E-state index contributed by atoms with van der Waals surface area (Å²) in [6.07, 6.45) is 3.14. The minimum absolute atomic E-state index is 0.0919. The Hall–Kier alpha value is -3.69. The van der Waals surface area contributed by atoms with Gasteiger partial charge in [-0.3, -0.25) is 9.78 Å². The number of benzene rings is 3. The molecule has 6 heteroatoms. The first-order valence-electron chi connectivity index (χ1n) is 12.2. The lowest BCUT2D eigenvalue weighted by Gasteiger charge is -2.17. The van der Waals surface area contributed by atoms with Crippen molar-refractivity contribution in [2.24, 2.45) is 0 Å². The third-order valence-electron chi connectivity index (χ3n) is 5.61. The molecule has 0 fully saturated rings. The van der Waals surface area contributed by atoms with Gasteiger partial charge in [0.2, 0.25) is 0 Å². The molecule has 0 aliphatic carbocycles. The van der Waals surface area contributed by atoms with Gasteiger partial charge in [0.05, 0.1) is 12.0 Å². The molecule has 38 heavy (non-hydrogen) atoms. The molecule has 0 saturated heterocycles. The van der Waals surface area contributed by atoms with E-state index in [0.717, 1.165) is 33.0 Å². The maximum Gasteiger partial charge on any atom is 0.307 e. The largest absolute Gasteiger partial charge is 0.481 e. The quantitative estimate of drug-likeness (QED) is 0.261. The number of aromatic nitrogens is 1. The van der Waals surface area contributed by atoms with Crippen LogP contribution in [-0.2, 0) is 16.8 Å². The van der Waals surface area contributed by atoms with Crippen LogP contribution in [0.2, 0.25) is 5.02 Å². The number of pyridine rings is 1. The first-order valence-corrected chi connectivity index (χ1v) is 12.5. The zero-order valence-electron chi connectivity index (χ0n) is 22.2. The fraction of sp³-hybridized carbons (Fsp3) is 0.250. The summed E-state index contributed by atoms with van der Waals surface area (Å²) in [5, 5.41) is 31.4. The van der Waals surface area contributed by atoms with Crippen LogP contribution in [0.4, 0.5) is 0 Å². The monoisotopic (exact) mass is 529 g/mol. The zero-order chi connectivity index (χ0) is 28.1. The van der Waals surface area contributed by atoms with E-state index in [0.29, 0.717) is 16.1 Å². The summed E-state index contributed by atoms with van der Waals surface area (Å²) in [5.41, 5.74) is 2.87. The Labute approximate surface area is 228 Å². The number of hydrogen-bond acceptors (Lipinski definition) is 4. The van der Waals surface area contributed by atoms with Crippen LogP contribution in [-0.4, -0.2) is 31.9 Å². The molecule has 3 aromatic carbocycles. The van der Waals surface area contributed by atoms with Crippen LogP contribution in [0.15, 0.2) is 73.1 Å². The first-order chi connectivity index (χ1) is 17.7. The number of aryl methyl sites for hydroxylation is 1. The van der Waals surface area contributed by atoms with Crippen molar-refractivity contribution in [3.63, 3.8) is 0 Å². The summed E-state index contributed by atoms with van der Waals surface area (Å²) >= 11 is 6.09. The SMILES string of the molecule is CC(C)(C)O.Cc1cc2ccc(C#CC(C)(O)c3cccnc3)cc2c(-c2ccc(Cl)cc2)c1CC(=O)O. The number of fused-ring (bicyclic) bond motifs is 1. The maximum atomic E-state index is 11.6. The minimum Gasteiger partial charge on any atom is -0.481 e. The number of carboxylic acid groups (broad SMARTS) is 1.